The molecule has 1 amide bonds. The number of hydrogen-bond donors (Lipinski definition) is 0. The van der Waals surface area contributed by atoms with E-state index in [0.717, 1.165) is 19.1 Å². The van der Waals surface area contributed by atoms with E-state index >= 15 is 0 Å². The minimum Gasteiger partial charge on any atom is -0.444 e. The Labute approximate surface area is 111 Å². The van der Waals surface area contributed by atoms with Gasteiger partial charge in [-0.05, 0) is 33.6 Å². The highest BCUT2D eigenvalue weighted by Crippen LogP contribution is 2.17. The number of ether oxygens (including phenoxy) is 1. The summed E-state index contributed by atoms with van der Waals surface area (Å²) in [6.45, 7) is 11.0. The zero-order valence-corrected chi connectivity index (χ0v) is 12.4. The molecule has 18 heavy (non-hydrogen) atoms. The largest absolute Gasteiger partial charge is 0.444 e. The Morgan fingerprint density at radius 2 is 1.94 bits per heavy atom. The average molecular weight is 257 g/mol. The molecule has 1 rings (SSSR count). The molecule has 0 aromatic rings. The lowest BCUT2D eigenvalue weighted by Gasteiger charge is -2.32. The fraction of sp³-hybridized carbons (Fsp3) is 0.857. The first-order chi connectivity index (χ1) is 8.34. The second kappa shape index (κ2) is 8.11. The molecule has 4 nitrogen and oxygen atoms in total. The van der Waals surface area contributed by atoms with Crippen LogP contribution in [0.15, 0.2) is 0 Å². The maximum Gasteiger partial charge on any atom is 0.410 e. The third kappa shape index (κ3) is 7.30. The number of rotatable bonds is 1. The maximum absolute atomic E-state index is 11.7. The molecule has 0 aliphatic carbocycles. The van der Waals surface area contributed by atoms with Gasteiger partial charge in [-0.15, -0.1) is 0 Å². The van der Waals surface area contributed by atoms with Gasteiger partial charge in [0.25, 0.3) is 0 Å². The van der Waals surface area contributed by atoms with Crippen LogP contribution in [-0.4, -0.2) is 36.0 Å². The summed E-state index contributed by atoms with van der Waals surface area (Å²) in [5.41, 5.74) is -0.467. The fourth-order valence-corrected chi connectivity index (χ4v) is 1.61. The van der Waals surface area contributed by atoms with Gasteiger partial charge >= 0.3 is 6.09 Å². The van der Waals surface area contributed by atoms with Crippen LogP contribution >= 0.6 is 0 Å². The summed E-state index contributed by atoms with van der Waals surface area (Å²) in [5.74, 6) is -0.0220. The van der Waals surface area contributed by atoms with Crippen LogP contribution in [-0.2, 0) is 9.53 Å². The third-order valence-electron chi connectivity index (χ3n) is 2.30. The molecular formula is C14H27NO3. The molecule has 1 heterocycles. The van der Waals surface area contributed by atoms with Crippen molar-refractivity contribution in [3.8, 4) is 0 Å². The SMILES string of the molecule is CC(C)(C)OC(=O)N1CCCC(C=O)C1.CCC. The molecule has 0 radical (unpaired) electrons. The van der Waals surface area contributed by atoms with E-state index in [1.807, 2.05) is 20.8 Å². The molecule has 0 aromatic carbocycles. The number of piperidine rings is 1. The molecule has 0 aromatic heterocycles. The quantitative estimate of drug-likeness (QED) is 0.677. The van der Waals surface area contributed by atoms with E-state index in [1.165, 1.54) is 6.42 Å². The second-order valence-electron chi connectivity index (χ2n) is 5.67. The Bertz CT molecular complexity index is 258. The lowest BCUT2D eigenvalue weighted by Crippen LogP contribution is -2.43. The zero-order chi connectivity index (χ0) is 14.2. The van der Waals surface area contributed by atoms with Crippen LogP contribution in [0.5, 0.6) is 0 Å². The lowest BCUT2D eigenvalue weighted by molar-refractivity contribution is -0.112. The highest BCUT2D eigenvalue weighted by Gasteiger charge is 2.27. The van der Waals surface area contributed by atoms with Crippen molar-refractivity contribution in [2.75, 3.05) is 13.1 Å². The first-order valence-electron chi connectivity index (χ1n) is 6.77. The molecule has 0 bridgehead atoms. The van der Waals surface area contributed by atoms with Gasteiger partial charge in [-0.3, -0.25) is 0 Å². The van der Waals surface area contributed by atoms with Gasteiger partial charge in [0.05, 0.1) is 0 Å². The Balaban J connectivity index is 0.000000873. The van der Waals surface area contributed by atoms with Gasteiger partial charge in [-0.1, -0.05) is 20.3 Å². The second-order valence-corrected chi connectivity index (χ2v) is 5.67. The Kier molecular flexibility index (Phi) is 7.64. The van der Waals surface area contributed by atoms with Crippen molar-refractivity contribution in [1.82, 2.24) is 4.90 Å². The summed E-state index contributed by atoms with van der Waals surface area (Å²) < 4.78 is 5.24. The smallest absolute Gasteiger partial charge is 0.410 e. The summed E-state index contributed by atoms with van der Waals surface area (Å²) in [4.78, 5) is 23.9. The van der Waals surface area contributed by atoms with Gasteiger partial charge in [-0.25, -0.2) is 4.79 Å². The molecule has 1 fully saturated rings. The minimum atomic E-state index is -0.467. The number of nitrogens with zero attached hydrogens (tertiary/aromatic N) is 1. The van der Waals surface area contributed by atoms with Crippen molar-refractivity contribution in [3.05, 3.63) is 0 Å². The van der Waals surface area contributed by atoms with Gasteiger partial charge in [0.2, 0.25) is 0 Å². The van der Waals surface area contributed by atoms with E-state index in [4.69, 9.17) is 4.74 Å². The summed E-state index contributed by atoms with van der Waals surface area (Å²) in [6.07, 6.45) is 3.62. The van der Waals surface area contributed by atoms with Crippen LogP contribution < -0.4 is 0 Å². The summed E-state index contributed by atoms with van der Waals surface area (Å²) in [7, 11) is 0. The van der Waals surface area contributed by atoms with Crippen molar-refractivity contribution >= 4 is 12.4 Å². The van der Waals surface area contributed by atoms with Crippen LogP contribution in [0.1, 0.15) is 53.9 Å². The maximum atomic E-state index is 11.7. The molecule has 1 aliphatic rings. The van der Waals surface area contributed by atoms with E-state index in [-0.39, 0.29) is 12.0 Å². The van der Waals surface area contributed by atoms with Crippen molar-refractivity contribution in [1.29, 1.82) is 0 Å². The van der Waals surface area contributed by atoms with Crippen molar-refractivity contribution in [3.63, 3.8) is 0 Å². The number of carbonyl (C=O) groups excluding carboxylic acids is 2. The van der Waals surface area contributed by atoms with Crippen LogP contribution in [0.25, 0.3) is 0 Å². The molecule has 4 heteroatoms. The van der Waals surface area contributed by atoms with Crippen LogP contribution in [0.3, 0.4) is 0 Å². The Hall–Kier alpha value is -1.06. The van der Waals surface area contributed by atoms with Crippen LogP contribution in [0.4, 0.5) is 4.79 Å². The van der Waals surface area contributed by atoms with E-state index in [0.29, 0.717) is 13.1 Å². The zero-order valence-electron chi connectivity index (χ0n) is 12.4. The average Bonchev–Trinajstić information content (AvgIpc) is 2.28. The number of amides is 1. The van der Waals surface area contributed by atoms with Gasteiger partial charge in [0, 0.05) is 19.0 Å². The topological polar surface area (TPSA) is 46.6 Å². The van der Waals surface area contributed by atoms with Gasteiger partial charge in [-0.2, -0.15) is 0 Å². The van der Waals surface area contributed by atoms with E-state index in [9.17, 15) is 9.59 Å². The van der Waals surface area contributed by atoms with Gasteiger partial charge < -0.3 is 14.4 Å². The van der Waals surface area contributed by atoms with Crippen molar-refractivity contribution in [2.24, 2.45) is 5.92 Å². The molecule has 106 valence electrons. The lowest BCUT2D eigenvalue weighted by atomic mass is 10.0. The third-order valence-corrected chi connectivity index (χ3v) is 2.30. The summed E-state index contributed by atoms with van der Waals surface area (Å²) in [5, 5.41) is 0. The monoisotopic (exact) mass is 257 g/mol. The summed E-state index contributed by atoms with van der Waals surface area (Å²) >= 11 is 0. The van der Waals surface area contributed by atoms with Crippen molar-refractivity contribution < 1.29 is 14.3 Å². The van der Waals surface area contributed by atoms with E-state index < -0.39 is 5.60 Å². The normalized spacial score (nSPS) is 19.6. The predicted octanol–water partition coefficient (Wildman–Crippen LogP) is 3.25. The molecule has 1 aliphatic heterocycles. The first-order valence-corrected chi connectivity index (χ1v) is 6.77. The highest BCUT2D eigenvalue weighted by atomic mass is 16.6. The number of aldehydes is 1. The number of hydrogen-bond acceptors (Lipinski definition) is 3. The number of carbonyl (C=O) groups is 2. The van der Waals surface area contributed by atoms with E-state index in [2.05, 4.69) is 13.8 Å². The predicted molar refractivity (Wildman–Crippen MR) is 72.6 cm³/mol. The first kappa shape index (κ1) is 16.9. The van der Waals surface area contributed by atoms with E-state index in [1.54, 1.807) is 4.90 Å². The van der Waals surface area contributed by atoms with Crippen LogP contribution in [0.2, 0.25) is 0 Å². The molecule has 1 saturated heterocycles. The minimum absolute atomic E-state index is 0.0220. The standard InChI is InChI=1S/C11H19NO3.C3H8/c1-11(2,3)15-10(14)12-6-4-5-9(7-12)8-13;1-3-2/h8-9H,4-7H2,1-3H3;3H2,1-2H3. The Morgan fingerprint density at radius 1 is 1.39 bits per heavy atom. The molecule has 1 atom stereocenters. The van der Waals surface area contributed by atoms with Gasteiger partial charge in [0.1, 0.15) is 11.9 Å². The number of likely N-dealkylation sites (tertiary alicyclic amines) is 1. The Morgan fingerprint density at radius 3 is 2.39 bits per heavy atom. The fourth-order valence-electron chi connectivity index (χ4n) is 1.61. The molecular weight excluding hydrogens is 230 g/mol. The summed E-state index contributed by atoms with van der Waals surface area (Å²) in [6, 6.07) is 0. The van der Waals surface area contributed by atoms with Crippen LogP contribution in [0, 0.1) is 5.92 Å². The molecule has 1 unspecified atom stereocenters. The van der Waals surface area contributed by atoms with Gasteiger partial charge in [0.15, 0.2) is 0 Å². The highest BCUT2D eigenvalue weighted by molar-refractivity contribution is 5.69. The molecule has 0 N–H and O–H groups in total. The molecule has 0 spiro atoms. The molecule has 0 saturated carbocycles. The van der Waals surface area contributed by atoms with Crippen molar-refractivity contribution in [2.45, 2.75) is 59.5 Å².